The topological polar surface area (TPSA) is 43.4 Å². The van der Waals surface area contributed by atoms with E-state index in [1.54, 1.807) is 0 Å². The van der Waals surface area contributed by atoms with Gasteiger partial charge in [0.2, 0.25) is 0 Å². The zero-order valence-electron chi connectivity index (χ0n) is 21.1. The standard InChI is InChI=1S/C28H54O3/c1-3-5-7-9-11-13-15-17-19-21-23-27(25-29)31-28(26-30)24-22-20-18-16-14-12-10-8-6-4-2/h25-28H,3-24H2,1-2H3. The molecule has 0 saturated carbocycles. The number of hydrogen-bond acceptors (Lipinski definition) is 3. The Morgan fingerprint density at radius 2 is 0.710 bits per heavy atom. The van der Waals surface area contributed by atoms with Gasteiger partial charge >= 0.3 is 0 Å². The average Bonchev–Trinajstić information content (AvgIpc) is 2.79. The molecule has 0 radical (unpaired) electrons. The highest BCUT2D eigenvalue weighted by atomic mass is 16.5. The maximum atomic E-state index is 11.3. The first-order valence-electron chi connectivity index (χ1n) is 13.8. The van der Waals surface area contributed by atoms with Gasteiger partial charge in [-0.3, -0.25) is 0 Å². The SMILES string of the molecule is CCCCCCCCCCCCC(C=O)OC(C=O)CCCCCCCCCCCC. The number of carbonyl (C=O) groups excluding carboxylic acids is 2. The zero-order valence-corrected chi connectivity index (χ0v) is 21.1. The summed E-state index contributed by atoms with van der Waals surface area (Å²) in [6.45, 7) is 4.51. The van der Waals surface area contributed by atoms with Gasteiger partial charge in [-0.05, 0) is 12.8 Å². The van der Waals surface area contributed by atoms with Crippen LogP contribution in [0, 0.1) is 0 Å². The molecule has 31 heavy (non-hydrogen) atoms. The molecule has 0 fully saturated rings. The van der Waals surface area contributed by atoms with Crippen molar-refractivity contribution >= 4 is 12.6 Å². The lowest BCUT2D eigenvalue weighted by Gasteiger charge is -2.17. The zero-order chi connectivity index (χ0) is 22.8. The summed E-state index contributed by atoms with van der Waals surface area (Å²) in [5.74, 6) is 0. The first kappa shape index (κ1) is 30.3. The largest absolute Gasteiger partial charge is 0.360 e. The van der Waals surface area contributed by atoms with E-state index in [1.165, 1.54) is 103 Å². The van der Waals surface area contributed by atoms with Crippen LogP contribution in [0.4, 0.5) is 0 Å². The molecule has 0 aliphatic rings. The molecule has 0 spiro atoms. The van der Waals surface area contributed by atoms with Crippen LogP contribution in [-0.2, 0) is 14.3 Å². The Hall–Kier alpha value is -0.700. The Morgan fingerprint density at radius 1 is 0.452 bits per heavy atom. The minimum atomic E-state index is -0.410. The van der Waals surface area contributed by atoms with Crippen LogP contribution in [-0.4, -0.2) is 24.8 Å². The van der Waals surface area contributed by atoms with Crippen LogP contribution in [0.25, 0.3) is 0 Å². The van der Waals surface area contributed by atoms with Gasteiger partial charge < -0.3 is 14.3 Å². The third-order valence-corrected chi connectivity index (χ3v) is 6.34. The molecule has 0 aliphatic carbocycles. The lowest BCUT2D eigenvalue weighted by Crippen LogP contribution is -2.24. The lowest BCUT2D eigenvalue weighted by molar-refractivity contribution is -0.130. The second kappa shape index (κ2) is 25.6. The number of carbonyl (C=O) groups is 2. The molecule has 3 nitrogen and oxygen atoms in total. The van der Waals surface area contributed by atoms with Crippen LogP contribution in [0.1, 0.15) is 155 Å². The second-order valence-corrected chi connectivity index (χ2v) is 9.43. The molecule has 0 bridgehead atoms. The van der Waals surface area contributed by atoms with E-state index >= 15 is 0 Å². The van der Waals surface area contributed by atoms with E-state index in [4.69, 9.17) is 4.74 Å². The van der Waals surface area contributed by atoms with Crippen molar-refractivity contribution < 1.29 is 14.3 Å². The van der Waals surface area contributed by atoms with Crippen molar-refractivity contribution in [1.29, 1.82) is 0 Å². The Bertz CT molecular complexity index is 335. The van der Waals surface area contributed by atoms with Gasteiger partial charge in [-0.1, -0.05) is 142 Å². The van der Waals surface area contributed by atoms with Crippen molar-refractivity contribution in [2.24, 2.45) is 0 Å². The van der Waals surface area contributed by atoms with Crippen molar-refractivity contribution in [3.05, 3.63) is 0 Å². The minimum absolute atomic E-state index is 0.410. The van der Waals surface area contributed by atoms with Crippen molar-refractivity contribution in [3.8, 4) is 0 Å². The van der Waals surface area contributed by atoms with Crippen LogP contribution < -0.4 is 0 Å². The van der Waals surface area contributed by atoms with Crippen molar-refractivity contribution in [2.75, 3.05) is 0 Å². The molecule has 0 aromatic rings. The summed E-state index contributed by atoms with van der Waals surface area (Å²) in [6.07, 6.45) is 28.2. The Labute approximate surface area is 194 Å². The molecule has 3 heteroatoms. The summed E-state index contributed by atoms with van der Waals surface area (Å²) < 4.78 is 5.78. The van der Waals surface area contributed by atoms with Crippen LogP contribution in [0.2, 0.25) is 0 Å². The van der Waals surface area contributed by atoms with E-state index in [1.807, 2.05) is 0 Å². The first-order valence-corrected chi connectivity index (χ1v) is 13.8. The molecule has 0 rings (SSSR count). The highest BCUT2D eigenvalue weighted by molar-refractivity contribution is 5.59. The van der Waals surface area contributed by atoms with E-state index in [0.29, 0.717) is 0 Å². The van der Waals surface area contributed by atoms with Crippen LogP contribution in [0.5, 0.6) is 0 Å². The summed E-state index contributed by atoms with van der Waals surface area (Å²) in [4.78, 5) is 22.7. The number of rotatable bonds is 26. The molecule has 0 aromatic carbocycles. The number of hydrogen-bond donors (Lipinski definition) is 0. The fraction of sp³-hybridized carbons (Fsp3) is 0.929. The molecule has 0 aliphatic heterocycles. The van der Waals surface area contributed by atoms with Gasteiger partial charge in [-0.25, -0.2) is 0 Å². The highest BCUT2D eigenvalue weighted by Crippen LogP contribution is 2.16. The highest BCUT2D eigenvalue weighted by Gasteiger charge is 2.15. The van der Waals surface area contributed by atoms with Crippen LogP contribution in [0.15, 0.2) is 0 Å². The van der Waals surface area contributed by atoms with Gasteiger partial charge in [0.05, 0.1) is 0 Å². The molecule has 2 unspecified atom stereocenters. The molecule has 0 heterocycles. The third-order valence-electron chi connectivity index (χ3n) is 6.34. The predicted molar refractivity (Wildman–Crippen MR) is 134 cm³/mol. The second-order valence-electron chi connectivity index (χ2n) is 9.43. The molecule has 0 aromatic heterocycles. The van der Waals surface area contributed by atoms with E-state index in [2.05, 4.69) is 13.8 Å². The number of unbranched alkanes of at least 4 members (excludes halogenated alkanes) is 18. The Morgan fingerprint density at radius 3 is 0.968 bits per heavy atom. The Balaban J connectivity index is 3.61. The molecule has 0 N–H and O–H groups in total. The molecule has 184 valence electrons. The van der Waals surface area contributed by atoms with E-state index < -0.39 is 12.2 Å². The summed E-state index contributed by atoms with van der Waals surface area (Å²) >= 11 is 0. The summed E-state index contributed by atoms with van der Waals surface area (Å²) in [5.41, 5.74) is 0. The molecular weight excluding hydrogens is 384 g/mol. The van der Waals surface area contributed by atoms with E-state index in [9.17, 15) is 9.59 Å². The Kier molecular flexibility index (Phi) is 25.0. The normalized spacial score (nSPS) is 13.2. The lowest BCUT2D eigenvalue weighted by atomic mass is 10.0. The van der Waals surface area contributed by atoms with Crippen molar-refractivity contribution in [3.63, 3.8) is 0 Å². The first-order chi connectivity index (χ1) is 15.3. The summed E-state index contributed by atoms with van der Waals surface area (Å²) in [5, 5.41) is 0. The number of ether oxygens (including phenoxy) is 1. The van der Waals surface area contributed by atoms with Gasteiger partial charge in [0.1, 0.15) is 24.8 Å². The summed E-state index contributed by atoms with van der Waals surface area (Å²) in [7, 11) is 0. The number of aldehydes is 2. The van der Waals surface area contributed by atoms with Gasteiger partial charge in [-0.2, -0.15) is 0 Å². The maximum Gasteiger partial charge on any atom is 0.148 e. The van der Waals surface area contributed by atoms with Gasteiger partial charge in [0, 0.05) is 0 Å². The predicted octanol–water partition coefficient (Wildman–Crippen LogP) is 8.76. The maximum absolute atomic E-state index is 11.3. The van der Waals surface area contributed by atoms with Gasteiger partial charge in [0.25, 0.3) is 0 Å². The molecule has 0 saturated heterocycles. The van der Waals surface area contributed by atoms with E-state index in [0.717, 1.165) is 51.1 Å². The quantitative estimate of drug-likeness (QED) is 0.100. The third kappa shape index (κ3) is 22.3. The smallest absolute Gasteiger partial charge is 0.148 e. The van der Waals surface area contributed by atoms with Gasteiger partial charge in [0.15, 0.2) is 0 Å². The molecule has 0 amide bonds. The average molecular weight is 439 g/mol. The van der Waals surface area contributed by atoms with Crippen molar-refractivity contribution in [1.82, 2.24) is 0 Å². The molecule has 2 atom stereocenters. The van der Waals surface area contributed by atoms with Crippen molar-refractivity contribution in [2.45, 2.75) is 167 Å². The van der Waals surface area contributed by atoms with Crippen LogP contribution >= 0.6 is 0 Å². The molecular formula is C28H54O3. The fourth-order valence-corrected chi connectivity index (χ4v) is 4.23. The van der Waals surface area contributed by atoms with E-state index in [-0.39, 0.29) is 0 Å². The minimum Gasteiger partial charge on any atom is -0.360 e. The fourth-order valence-electron chi connectivity index (χ4n) is 4.23. The van der Waals surface area contributed by atoms with Gasteiger partial charge in [-0.15, -0.1) is 0 Å². The monoisotopic (exact) mass is 438 g/mol. The summed E-state index contributed by atoms with van der Waals surface area (Å²) in [6, 6.07) is 0. The van der Waals surface area contributed by atoms with Crippen LogP contribution in [0.3, 0.4) is 0 Å².